The van der Waals surface area contributed by atoms with E-state index in [1.54, 1.807) is 0 Å². The number of amides is 1. The maximum Gasteiger partial charge on any atom is 0.254 e. The second-order valence-electron chi connectivity index (χ2n) is 4.79. The van der Waals surface area contributed by atoms with Crippen molar-refractivity contribution in [3.8, 4) is 0 Å². The lowest BCUT2D eigenvalue weighted by Gasteiger charge is -2.16. The van der Waals surface area contributed by atoms with Crippen LogP contribution in [0.1, 0.15) is 29.6 Å². The smallest absolute Gasteiger partial charge is 0.254 e. The van der Waals surface area contributed by atoms with Crippen LogP contribution in [0, 0.1) is 23.4 Å². The summed E-state index contributed by atoms with van der Waals surface area (Å²) in [4.78, 5) is 11.7. The number of benzene rings is 1. The molecule has 1 saturated carbocycles. The van der Waals surface area contributed by atoms with E-state index in [0.29, 0.717) is 6.54 Å². The van der Waals surface area contributed by atoms with Crippen molar-refractivity contribution in [1.29, 1.82) is 0 Å². The minimum Gasteiger partial charge on any atom is -0.352 e. The quantitative estimate of drug-likeness (QED) is 0.826. The molecule has 6 heteroatoms. The molecule has 1 amide bonds. The first-order chi connectivity index (χ1) is 9.00. The summed E-state index contributed by atoms with van der Waals surface area (Å²) in [6.07, 6.45) is 2.81. The normalized spacial score (nSPS) is 22.5. The molecule has 0 saturated heterocycles. The van der Waals surface area contributed by atoms with Gasteiger partial charge in [-0.3, -0.25) is 4.79 Å². The third kappa shape index (κ3) is 2.89. The van der Waals surface area contributed by atoms with Crippen LogP contribution < -0.4 is 11.1 Å². The topological polar surface area (TPSA) is 55.1 Å². The Balaban J connectivity index is 2.02. The highest BCUT2D eigenvalue weighted by Gasteiger charge is 2.25. The summed E-state index contributed by atoms with van der Waals surface area (Å²) in [6, 6.07) is 1.68. The number of carbonyl (C=O) groups excluding carboxylic acids is 1. The molecule has 0 bridgehead atoms. The fourth-order valence-electron chi connectivity index (χ4n) is 2.34. The molecule has 3 nitrogen and oxygen atoms in total. The van der Waals surface area contributed by atoms with Crippen LogP contribution in [0.2, 0.25) is 0 Å². The molecule has 0 aromatic heterocycles. The molecule has 1 aliphatic carbocycles. The van der Waals surface area contributed by atoms with Gasteiger partial charge in [0.15, 0.2) is 17.5 Å². The molecule has 0 radical (unpaired) electrons. The first-order valence-corrected chi connectivity index (χ1v) is 6.18. The fraction of sp³-hybridized carbons (Fsp3) is 0.462. The summed E-state index contributed by atoms with van der Waals surface area (Å²) >= 11 is 0. The van der Waals surface area contributed by atoms with Crippen LogP contribution in [0.25, 0.3) is 0 Å². The Labute approximate surface area is 109 Å². The van der Waals surface area contributed by atoms with Gasteiger partial charge in [-0.1, -0.05) is 6.42 Å². The number of hydrogen-bond donors (Lipinski definition) is 2. The Morgan fingerprint density at radius 1 is 1.26 bits per heavy atom. The number of nitrogens with two attached hydrogens (primary N) is 1. The van der Waals surface area contributed by atoms with Gasteiger partial charge in [0.25, 0.3) is 5.91 Å². The maximum absolute atomic E-state index is 13.4. The van der Waals surface area contributed by atoms with Gasteiger partial charge in [-0.15, -0.1) is 0 Å². The first-order valence-electron chi connectivity index (χ1n) is 6.18. The highest BCUT2D eigenvalue weighted by atomic mass is 19.2. The van der Waals surface area contributed by atoms with E-state index in [1.165, 1.54) is 0 Å². The molecule has 1 fully saturated rings. The van der Waals surface area contributed by atoms with E-state index in [0.717, 1.165) is 31.4 Å². The summed E-state index contributed by atoms with van der Waals surface area (Å²) in [6.45, 7) is 0.318. The van der Waals surface area contributed by atoms with Crippen LogP contribution in [0.5, 0.6) is 0 Å². The Bertz CT molecular complexity index is 493. The van der Waals surface area contributed by atoms with Crippen LogP contribution >= 0.6 is 0 Å². The SMILES string of the molecule is NC1CCCC1CNC(=O)c1ccc(F)c(F)c1F. The molecule has 1 aromatic rings. The number of nitrogens with one attached hydrogen (secondary N) is 1. The summed E-state index contributed by atoms with van der Waals surface area (Å²) in [7, 11) is 0. The van der Waals surface area contributed by atoms with E-state index in [1.807, 2.05) is 0 Å². The Morgan fingerprint density at radius 2 is 2.00 bits per heavy atom. The highest BCUT2D eigenvalue weighted by molar-refractivity contribution is 5.94. The molecule has 1 aromatic carbocycles. The van der Waals surface area contributed by atoms with Gasteiger partial charge in [-0.2, -0.15) is 0 Å². The van der Waals surface area contributed by atoms with Gasteiger partial charge in [0.05, 0.1) is 5.56 Å². The zero-order valence-electron chi connectivity index (χ0n) is 10.3. The Morgan fingerprint density at radius 3 is 2.63 bits per heavy atom. The second kappa shape index (κ2) is 5.61. The van der Waals surface area contributed by atoms with Crippen molar-refractivity contribution in [2.24, 2.45) is 11.7 Å². The molecule has 2 atom stereocenters. The van der Waals surface area contributed by atoms with Crippen LogP contribution in [0.4, 0.5) is 13.2 Å². The largest absolute Gasteiger partial charge is 0.352 e. The lowest BCUT2D eigenvalue weighted by molar-refractivity contribution is 0.0941. The van der Waals surface area contributed by atoms with Crippen molar-refractivity contribution < 1.29 is 18.0 Å². The van der Waals surface area contributed by atoms with E-state index in [2.05, 4.69) is 5.32 Å². The third-order valence-electron chi connectivity index (χ3n) is 3.52. The number of hydrogen-bond acceptors (Lipinski definition) is 2. The summed E-state index contributed by atoms with van der Waals surface area (Å²) in [5.74, 6) is -5.02. The molecule has 104 valence electrons. The van der Waals surface area contributed by atoms with Gasteiger partial charge >= 0.3 is 0 Å². The number of rotatable bonds is 3. The van der Waals surface area contributed by atoms with Crippen LogP contribution in [-0.2, 0) is 0 Å². The lowest BCUT2D eigenvalue weighted by Crippen LogP contribution is -2.36. The van der Waals surface area contributed by atoms with Crippen LogP contribution in [0.15, 0.2) is 12.1 Å². The number of carbonyl (C=O) groups is 1. The molecule has 1 aliphatic rings. The zero-order chi connectivity index (χ0) is 14.0. The van der Waals surface area contributed by atoms with E-state index in [9.17, 15) is 18.0 Å². The van der Waals surface area contributed by atoms with Gasteiger partial charge in [0.1, 0.15) is 0 Å². The first kappa shape index (κ1) is 13.9. The minimum atomic E-state index is -1.63. The Kier molecular flexibility index (Phi) is 4.09. The van der Waals surface area contributed by atoms with Crippen LogP contribution in [-0.4, -0.2) is 18.5 Å². The molecule has 0 heterocycles. The summed E-state index contributed by atoms with van der Waals surface area (Å²) in [5, 5.41) is 2.51. The van der Waals surface area contributed by atoms with Crippen molar-refractivity contribution in [2.75, 3.05) is 6.54 Å². The van der Waals surface area contributed by atoms with Gasteiger partial charge in [-0.05, 0) is 30.9 Å². The second-order valence-corrected chi connectivity index (χ2v) is 4.79. The van der Waals surface area contributed by atoms with Gasteiger partial charge in [0, 0.05) is 12.6 Å². The number of halogens is 3. The predicted molar refractivity (Wildman–Crippen MR) is 64.0 cm³/mol. The van der Waals surface area contributed by atoms with Crippen molar-refractivity contribution in [3.63, 3.8) is 0 Å². The molecular weight excluding hydrogens is 257 g/mol. The predicted octanol–water partition coefficient (Wildman–Crippen LogP) is 1.96. The molecule has 0 spiro atoms. The fourth-order valence-corrected chi connectivity index (χ4v) is 2.34. The zero-order valence-corrected chi connectivity index (χ0v) is 10.3. The van der Waals surface area contributed by atoms with Crippen molar-refractivity contribution in [3.05, 3.63) is 35.1 Å². The molecule has 2 unspecified atom stereocenters. The monoisotopic (exact) mass is 272 g/mol. The molecular formula is C13H15F3N2O. The van der Waals surface area contributed by atoms with E-state index >= 15 is 0 Å². The summed E-state index contributed by atoms with van der Waals surface area (Å²) < 4.78 is 39.1. The third-order valence-corrected chi connectivity index (χ3v) is 3.52. The van der Waals surface area contributed by atoms with E-state index in [4.69, 9.17) is 5.73 Å². The van der Waals surface area contributed by atoms with Crippen LogP contribution in [0.3, 0.4) is 0 Å². The highest BCUT2D eigenvalue weighted by Crippen LogP contribution is 2.23. The Hall–Kier alpha value is -1.56. The van der Waals surface area contributed by atoms with Crippen molar-refractivity contribution in [1.82, 2.24) is 5.32 Å². The van der Waals surface area contributed by atoms with Crippen molar-refractivity contribution in [2.45, 2.75) is 25.3 Å². The average molecular weight is 272 g/mol. The molecule has 3 N–H and O–H groups in total. The van der Waals surface area contributed by atoms with E-state index in [-0.39, 0.29) is 12.0 Å². The molecule has 2 rings (SSSR count). The van der Waals surface area contributed by atoms with Gasteiger partial charge in [-0.25, -0.2) is 13.2 Å². The summed E-state index contributed by atoms with van der Waals surface area (Å²) in [5.41, 5.74) is 5.35. The molecule has 0 aliphatic heterocycles. The van der Waals surface area contributed by atoms with E-state index < -0.39 is 28.9 Å². The standard InChI is InChI=1S/C13H15F3N2O/c14-9-5-4-8(11(15)12(9)16)13(19)18-6-7-2-1-3-10(7)17/h4-5,7,10H,1-3,6,17H2,(H,18,19). The average Bonchev–Trinajstić information content (AvgIpc) is 2.79. The van der Waals surface area contributed by atoms with Crippen molar-refractivity contribution >= 4 is 5.91 Å². The minimum absolute atomic E-state index is 0.0232. The lowest BCUT2D eigenvalue weighted by atomic mass is 10.0. The molecule has 19 heavy (non-hydrogen) atoms. The maximum atomic E-state index is 13.4. The van der Waals surface area contributed by atoms with Gasteiger partial charge in [0.2, 0.25) is 0 Å². The van der Waals surface area contributed by atoms with Gasteiger partial charge < -0.3 is 11.1 Å².